The maximum Gasteiger partial charge on any atom is 0.280 e. The van der Waals surface area contributed by atoms with Gasteiger partial charge in [0.15, 0.2) is 0 Å². The van der Waals surface area contributed by atoms with Crippen molar-refractivity contribution in [2.45, 2.75) is 44.3 Å². The van der Waals surface area contributed by atoms with Crippen LogP contribution >= 0.6 is 0 Å². The van der Waals surface area contributed by atoms with Crippen LogP contribution < -0.4 is 10.5 Å². The maximum atomic E-state index is 12.4. The average molecular weight is 295 g/mol. The van der Waals surface area contributed by atoms with Gasteiger partial charge in [0.05, 0.1) is 0 Å². The van der Waals surface area contributed by atoms with Gasteiger partial charge in [0.1, 0.15) is 0 Å². The highest BCUT2D eigenvalue weighted by molar-refractivity contribution is 7.87. The van der Waals surface area contributed by atoms with Crippen LogP contribution in [0.15, 0.2) is 24.3 Å². The van der Waals surface area contributed by atoms with Gasteiger partial charge in [-0.15, -0.1) is 0 Å². The average Bonchev–Trinajstić information content (AvgIpc) is 2.83. The Balaban J connectivity index is 1.70. The van der Waals surface area contributed by atoms with E-state index in [0.717, 1.165) is 31.2 Å². The normalized spacial score (nSPS) is 27.4. The molecule has 6 heteroatoms. The van der Waals surface area contributed by atoms with Crippen molar-refractivity contribution in [2.24, 2.45) is 5.73 Å². The van der Waals surface area contributed by atoms with Gasteiger partial charge in [0, 0.05) is 25.2 Å². The lowest BCUT2D eigenvalue weighted by Crippen LogP contribution is -2.46. The highest BCUT2D eigenvalue weighted by atomic mass is 32.2. The van der Waals surface area contributed by atoms with Crippen LogP contribution in [0.5, 0.6) is 0 Å². The van der Waals surface area contributed by atoms with E-state index in [4.69, 9.17) is 5.73 Å². The molecule has 3 rings (SSSR count). The summed E-state index contributed by atoms with van der Waals surface area (Å²) < 4.78 is 29.2. The minimum absolute atomic E-state index is 0.00725. The van der Waals surface area contributed by atoms with E-state index >= 15 is 0 Å². The first-order valence-electron chi connectivity index (χ1n) is 7.14. The summed E-state index contributed by atoms with van der Waals surface area (Å²) >= 11 is 0. The van der Waals surface area contributed by atoms with Crippen molar-refractivity contribution in [1.82, 2.24) is 9.03 Å². The van der Waals surface area contributed by atoms with Crippen molar-refractivity contribution < 1.29 is 8.42 Å². The van der Waals surface area contributed by atoms with E-state index in [1.165, 1.54) is 5.56 Å². The number of nitrogens with zero attached hydrogens (tertiary/aromatic N) is 1. The molecule has 1 heterocycles. The number of hydrogen-bond acceptors (Lipinski definition) is 3. The molecule has 1 aliphatic heterocycles. The first kappa shape index (κ1) is 14.0. The monoisotopic (exact) mass is 295 g/mol. The van der Waals surface area contributed by atoms with Gasteiger partial charge in [-0.1, -0.05) is 24.3 Å². The number of nitrogens with one attached hydrogen (secondary N) is 1. The largest absolute Gasteiger partial charge is 0.328 e. The molecule has 0 aromatic heterocycles. The molecule has 1 aliphatic carbocycles. The predicted molar refractivity (Wildman–Crippen MR) is 78.2 cm³/mol. The van der Waals surface area contributed by atoms with Crippen LogP contribution in [0.4, 0.5) is 0 Å². The summed E-state index contributed by atoms with van der Waals surface area (Å²) in [7, 11) is -3.41. The Bertz CT molecular complexity index is 588. The van der Waals surface area contributed by atoms with Crippen molar-refractivity contribution in [1.29, 1.82) is 0 Å². The lowest BCUT2D eigenvalue weighted by Gasteiger charge is -2.29. The molecule has 110 valence electrons. The van der Waals surface area contributed by atoms with Crippen molar-refractivity contribution >= 4 is 10.2 Å². The fourth-order valence-corrected chi connectivity index (χ4v) is 4.51. The number of hydrogen-bond donors (Lipinski definition) is 2. The second-order valence-corrected chi connectivity index (χ2v) is 7.45. The van der Waals surface area contributed by atoms with Crippen LogP contribution in [0, 0.1) is 0 Å². The van der Waals surface area contributed by atoms with Gasteiger partial charge in [-0.2, -0.15) is 17.4 Å². The Kier molecular flexibility index (Phi) is 3.81. The predicted octanol–water partition coefficient (Wildman–Crippen LogP) is 0.759. The van der Waals surface area contributed by atoms with Gasteiger partial charge < -0.3 is 5.73 Å². The molecule has 5 nitrogen and oxygen atoms in total. The first-order chi connectivity index (χ1) is 9.54. The molecule has 0 unspecified atom stereocenters. The summed E-state index contributed by atoms with van der Waals surface area (Å²) in [6.07, 6.45) is 3.26. The maximum absolute atomic E-state index is 12.4. The minimum Gasteiger partial charge on any atom is -0.328 e. The van der Waals surface area contributed by atoms with Gasteiger partial charge >= 0.3 is 0 Å². The second kappa shape index (κ2) is 5.44. The van der Waals surface area contributed by atoms with Crippen molar-refractivity contribution in [2.75, 3.05) is 6.54 Å². The summed E-state index contributed by atoms with van der Waals surface area (Å²) in [5, 5.41) is 0. The Hall–Kier alpha value is -0.950. The Morgan fingerprint density at radius 2 is 1.95 bits per heavy atom. The Labute approximate surface area is 120 Å². The highest BCUT2D eigenvalue weighted by Gasteiger charge is 2.31. The lowest BCUT2D eigenvalue weighted by molar-refractivity contribution is 0.378. The Morgan fingerprint density at radius 1 is 1.20 bits per heavy atom. The van der Waals surface area contributed by atoms with Gasteiger partial charge in [-0.3, -0.25) is 0 Å². The molecular formula is C14H21N3O2S. The molecule has 1 fully saturated rings. The molecule has 0 saturated heterocycles. The van der Waals surface area contributed by atoms with E-state index in [9.17, 15) is 8.42 Å². The number of nitrogens with two attached hydrogens (primary N) is 1. The molecule has 0 radical (unpaired) electrons. The molecular weight excluding hydrogens is 274 g/mol. The second-order valence-electron chi connectivity index (χ2n) is 5.75. The SMILES string of the molecule is N[C@H]1CC[C@H](NS(=O)(=O)N2CCc3ccccc3C2)C1. The fraction of sp³-hybridized carbons (Fsp3) is 0.571. The molecule has 1 aromatic rings. The molecule has 0 bridgehead atoms. The van der Waals surface area contributed by atoms with E-state index in [1.54, 1.807) is 4.31 Å². The zero-order valence-corrected chi connectivity index (χ0v) is 12.3. The van der Waals surface area contributed by atoms with Gasteiger partial charge in [0.25, 0.3) is 10.2 Å². The smallest absolute Gasteiger partial charge is 0.280 e. The molecule has 20 heavy (non-hydrogen) atoms. The molecule has 1 saturated carbocycles. The molecule has 2 aliphatic rings. The fourth-order valence-electron chi connectivity index (χ4n) is 3.08. The summed E-state index contributed by atoms with van der Waals surface area (Å²) in [6, 6.07) is 8.15. The minimum atomic E-state index is -3.41. The van der Waals surface area contributed by atoms with E-state index in [-0.39, 0.29) is 12.1 Å². The number of fused-ring (bicyclic) bond motifs is 1. The summed E-state index contributed by atoms with van der Waals surface area (Å²) in [6.45, 7) is 1.01. The molecule has 1 aromatic carbocycles. The van der Waals surface area contributed by atoms with Crippen LogP contribution in [0.1, 0.15) is 30.4 Å². The first-order valence-corrected chi connectivity index (χ1v) is 8.58. The molecule has 2 atom stereocenters. The van der Waals surface area contributed by atoms with E-state index in [0.29, 0.717) is 13.1 Å². The highest BCUT2D eigenvalue weighted by Crippen LogP contribution is 2.22. The zero-order valence-electron chi connectivity index (χ0n) is 11.5. The van der Waals surface area contributed by atoms with Crippen molar-refractivity contribution in [3.63, 3.8) is 0 Å². The number of benzene rings is 1. The third kappa shape index (κ3) is 2.88. The molecule has 0 amide bonds. The van der Waals surface area contributed by atoms with Crippen LogP contribution in [-0.4, -0.2) is 31.4 Å². The van der Waals surface area contributed by atoms with Crippen LogP contribution in [-0.2, 0) is 23.2 Å². The third-order valence-electron chi connectivity index (χ3n) is 4.22. The Morgan fingerprint density at radius 3 is 2.65 bits per heavy atom. The van der Waals surface area contributed by atoms with Gasteiger partial charge in [0.2, 0.25) is 0 Å². The van der Waals surface area contributed by atoms with Gasteiger partial charge in [-0.25, -0.2) is 0 Å². The van der Waals surface area contributed by atoms with Crippen molar-refractivity contribution in [3.05, 3.63) is 35.4 Å². The zero-order chi connectivity index (χ0) is 14.2. The molecule has 3 N–H and O–H groups in total. The summed E-state index contributed by atoms with van der Waals surface area (Å²) in [5.41, 5.74) is 8.19. The third-order valence-corrected chi connectivity index (χ3v) is 5.85. The van der Waals surface area contributed by atoms with E-state index in [2.05, 4.69) is 10.8 Å². The quantitative estimate of drug-likeness (QED) is 0.864. The van der Waals surface area contributed by atoms with E-state index in [1.807, 2.05) is 18.2 Å². The van der Waals surface area contributed by atoms with Crippen LogP contribution in [0.2, 0.25) is 0 Å². The topological polar surface area (TPSA) is 75.4 Å². The van der Waals surface area contributed by atoms with Gasteiger partial charge in [-0.05, 0) is 36.8 Å². The lowest BCUT2D eigenvalue weighted by atomic mass is 10.0. The standard InChI is InChI=1S/C14H21N3O2S/c15-13-5-6-14(9-13)16-20(18,19)17-8-7-11-3-1-2-4-12(11)10-17/h1-4,13-14,16H,5-10,15H2/t13-,14-/m0/s1. The van der Waals surface area contributed by atoms with Crippen LogP contribution in [0.25, 0.3) is 0 Å². The van der Waals surface area contributed by atoms with E-state index < -0.39 is 10.2 Å². The summed E-state index contributed by atoms with van der Waals surface area (Å²) in [4.78, 5) is 0. The number of rotatable bonds is 3. The van der Waals surface area contributed by atoms with Crippen LogP contribution in [0.3, 0.4) is 0 Å². The molecule has 0 spiro atoms. The summed E-state index contributed by atoms with van der Waals surface area (Å²) in [5.74, 6) is 0. The van der Waals surface area contributed by atoms with Crippen molar-refractivity contribution in [3.8, 4) is 0 Å².